The summed E-state index contributed by atoms with van der Waals surface area (Å²) in [4.78, 5) is 13.5. The topological polar surface area (TPSA) is 130 Å². The summed E-state index contributed by atoms with van der Waals surface area (Å²) < 4.78 is 20.3. The van der Waals surface area contributed by atoms with Crippen LogP contribution in [-0.2, 0) is 4.74 Å². The van der Waals surface area contributed by atoms with Gasteiger partial charge in [0.05, 0.1) is 59.5 Å². The molecule has 2 atom stereocenters. The third-order valence-corrected chi connectivity index (χ3v) is 7.13. The number of anilines is 4. The van der Waals surface area contributed by atoms with Crippen LogP contribution >= 0.6 is 11.6 Å². The van der Waals surface area contributed by atoms with E-state index in [0.717, 1.165) is 45.1 Å². The number of rotatable bonds is 6. The number of fused-ring (bicyclic) bond motifs is 1. The summed E-state index contributed by atoms with van der Waals surface area (Å²) in [5.41, 5.74) is 2.18. The third kappa shape index (κ3) is 4.13. The molecular formula is C23H22ClFN10O. The molecule has 0 bridgehead atoms. The average Bonchev–Trinajstić information content (AvgIpc) is 3.38. The van der Waals surface area contributed by atoms with Crippen LogP contribution in [0.3, 0.4) is 0 Å². The fourth-order valence-electron chi connectivity index (χ4n) is 4.46. The molecular weight excluding hydrogens is 487 g/mol. The van der Waals surface area contributed by atoms with E-state index in [9.17, 15) is 14.9 Å². The number of piperazine rings is 1. The maximum Gasteiger partial charge on any atom is 0.232 e. The maximum atomic E-state index is 13.6. The van der Waals surface area contributed by atoms with Crippen LogP contribution in [0.5, 0.6) is 0 Å². The van der Waals surface area contributed by atoms with Gasteiger partial charge in [-0.25, -0.2) is 4.39 Å². The van der Waals surface area contributed by atoms with Gasteiger partial charge in [0.25, 0.3) is 0 Å². The molecule has 11 nitrogen and oxygen atoms in total. The van der Waals surface area contributed by atoms with Crippen LogP contribution in [0.25, 0.3) is 5.65 Å². The number of nitrogens with zero attached hydrogens (tertiary/aromatic N) is 8. The minimum atomic E-state index is -0.959. The van der Waals surface area contributed by atoms with Gasteiger partial charge in [0.2, 0.25) is 11.9 Å². The van der Waals surface area contributed by atoms with E-state index >= 15 is 0 Å². The molecule has 2 N–H and O–H groups in total. The van der Waals surface area contributed by atoms with Gasteiger partial charge >= 0.3 is 0 Å². The molecule has 3 aliphatic rings. The fourth-order valence-corrected chi connectivity index (χ4v) is 4.74. The van der Waals surface area contributed by atoms with E-state index < -0.39 is 6.17 Å². The van der Waals surface area contributed by atoms with Gasteiger partial charge in [0.15, 0.2) is 5.65 Å². The Balaban J connectivity index is 1.31. The van der Waals surface area contributed by atoms with Gasteiger partial charge in [-0.1, -0.05) is 11.6 Å². The standard InChI is InChI=1S/C23H22ClFN10O/c24-20-18(5-13(8-26)6-19(20)34-3-1-33(2-4-34)15-11-36-12-15)29-22-31-21-14(9-27)10-28-35(21)23(32-22)30-17-7-16(17)25/h5-6,10,15-17H,1-4,7,11-12H2,(H2,29,30,31,32)/t16-,17+/m0/s1. The number of alkyl halides is 1. The lowest BCUT2D eigenvalue weighted by Crippen LogP contribution is -2.56. The predicted octanol–water partition coefficient (Wildman–Crippen LogP) is 2.31. The van der Waals surface area contributed by atoms with E-state index in [0.29, 0.717) is 28.7 Å². The first-order valence-corrected chi connectivity index (χ1v) is 12.1. The summed E-state index contributed by atoms with van der Waals surface area (Å²) in [5.74, 6) is 0.411. The summed E-state index contributed by atoms with van der Waals surface area (Å²) >= 11 is 6.83. The molecule has 1 aliphatic carbocycles. The average molecular weight is 509 g/mol. The predicted molar refractivity (Wildman–Crippen MR) is 130 cm³/mol. The van der Waals surface area contributed by atoms with Crippen LogP contribution in [-0.4, -0.2) is 82.1 Å². The van der Waals surface area contributed by atoms with Crippen LogP contribution in [0, 0.1) is 22.7 Å². The smallest absolute Gasteiger partial charge is 0.232 e. The lowest BCUT2D eigenvalue weighted by molar-refractivity contribution is -0.0660. The Bertz CT molecular complexity index is 1400. The van der Waals surface area contributed by atoms with Gasteiger partial charge in [-0.2, -0.15) is 30.1 Å². The first-order chi connectivity index (χ1) is 17.5. The van der Waals surface area contributed by atoms with Crippen molar-refractivity contribution in [1.29, 1.82) is 10.5 Å². The van der Waals surface area contributed by atoms with Gasteiger partial charge in [-0.15, -0.1) is 0 Å². The van der Waals surface area contributed by atoms with E-state index in [-0.39, 0.29) is 29.1 Å². The Labute approximate surface area is 211 Å². The molecule has 3 aromatic rings. The monoisotopic (exact) mass is 508 g/mol. The molecule has 0 unspecified atom stereocenters. The Kier molecular flexibility index (Phi) is 5.72. The van der Waals surface area contributed by atoms with Gasteiger partial charge in [0.1, 0.15) is 17.8 Å². The van der Waals surface area contributed by atoms with E-state index in [2.05, 4.69) is 47.6 Å². The summed E-state index contributed by atoms with van der Waals surface area (Å²) in [7, 11) is 0. The number of nitrogens with one attached hydrogen (secondary N) is 2. The fraction of sp³-hybridized carbons (Fsp3) is 0.435. The van der Waals surface area contributed by atoms with Crippen molar-refractivity contribution in [3.8, 4) is 12.1 Å². The van der Waals surface area contributed by atoms with Crippen LogP contribution in [0.4, 0.5) is 27.7 Å². The number of nitriles is 2. The van der Waals surface area contributed by atoms with Crippen LogP contribution in [0.15, 0.2) is 18.3 Å². The molecule has 0 amide bonds. The summed E-state index contributed by atoms with van der Waals surface area (Å²) in [6.07, 6.45) is 0.801. The largest absolute Gasteiger partial charge is 0.378 e. The second kappa shape index (κ2) is 9.06. The van der Waals surface area contributed by atoms with Gasteiger partial charge in [-0.05, 0) is 12.1 Å². The van der Waals surface area contributed by atoms with Crippen molar-refractivity contribution in [3.63, 3.8) is 0 Å². The molecule has 2 aromatic heterocycles. The van der Waals surface area contributed by atoms with E-state index in [1.54, 1.807) is 12.1 Å². The Morgan fingerprint density at radius 2 is 1.89 bits per heavy atom. The molecule has 13 heteroatoms. The molecule has 0 radical (unpaired) electrons. The zero-order chi connectivity index (χ0) is 24.8. The lowest BCUT2D eigenvalue weighted by atomic mass is 10.1. The number of hydrogen-bond acceptors (Lipinski definition) is 10. The lowest BCUT2D eigenvalue weighted by Gasteiger charge is -2.43. The van der Waals surface area contributed by atoms with Crippen LogP contribution in [0.2, 0.25) is 5.02 Å². The van der Waals surface area contributed by atoms with Gasteiger partial charge in [0, 0.05) is 32.6 Å². The number of ether oxygens (including phenoxy) is 1. The molecule has 3 fully saturated rings. The van der Waals surface area contributed by atoms with Gasteiger partial charge < -0.3 is 20.3 Å². The molecule has 1 aromatic carbocycles. The van der Waals surface area contributed by atoms with Crippen molar-refractivity contribution in [3.05, 3.63) is 34.5 Å². The summed E-state index contributed by atoms with van der Waals surface area (Å²) in [6.45, 7) is 4.86. The van der Waals surface area contributed by atoms with E-state index in [1.165, 1.54) is 10.7 Å². The Morgan fingerprint density at radius 3 is 2.53 bits per heavy atom. The number of benzene rings is 1. The summed E-state index contributed by atoms with van der Waals surface area (Å²) in [6, 6.07) is 7.78. The molecule has 2 saturated heterocycles. The van der Waals surface area contributed by atoms with Crippen LogP contribution in [0.1, 0.15) is 17.5 Å². The minimum Gasteiger partial charge on any atom is -0.378 e. The number of hydrogen-bond donors (Lipinski definition) is 2. The van der Waals surface area contributed by atoms with Crippen molar-refractivity contribution < 1.29 is 9.13 Å². The zero-order valence-corrected chi connectivity index (χ0v) is 19.9. The van der Waals surface area contributed by atoms with Crippen molar-refractivity contribution >= 4 is 40.5 Å². The molecule has 36 heavy (non-hydrogen) atoms. The van der Waals surface area contributed by atoms with Crippen molar-refractivity contribution in [2.45, 2.75) is 24.7 Å². The first-order valence-electron chi connectivity index (χ1n) is 11.7. The molecule has 184 valence electrons. The van der Waals surface area contributed by atoms with Crippen molar-refractivity contribution in [1.82, 2.24) is 24.5 Å². The summed E-state index contributed by atoms with van der Waals surface area (Å²) in [5, 5.41) is 29.8. The van der Waals surface area contributed by atoms with Crippen molar-refractivity contribution in [2.24, 2.45) is 0 Å². The highest BCUT2D eigenvalue weighted by Crippen LogP contribution is 2.37. The quantitative estimate of drug-likeness (QED) is 0.511. The maximum absolute atomic E-state index is 13.6. The first kappa shape index (κ1) is 22.7. The van der Waals surface area contributed by atoms with E-state index in [1.807, 2.05) is 0 Å². The van der Waals surface area contributed by atoms with Gasteiger partial charge in [-0.3, -0.25) is 4.90 Å². The number of halogens is 2. The zero-order valence-electron chi connectivity index (χ0n) is 19.2. The third-order valence-electron chi connectivity index (χ3n) is 6.74. The van der Waals surface area contributed by atoms with Crippen molar-refractivity contribution in [2.75, 3.05) is 54.9 Å². The second-order valence-corrected chi connectivity index (χ2v) is 9.46. The normalized spacial score (nSPS) is 22.1. The minimum absolute atomic E-state index is 0.149. The van der Waals surface area contributed by atoms with Crippen LogP contribution < -0.4 is 15.5 Å². The molecule has 2 aliphatic heterocycles. The second-order valence-electron chi connectivity index (χ2n) is 9.09. The Hall–Kier alpha value is -3.71. The highest BCUT2D eigenvalue weighted by Gasteiger charge is 2.38. The van der Waals surface area contributed by atoms with E-state index in [4.69, 9.17) is 16.3 Å². The molecule has 0 spiro atoms. The molecule has 6 rings (SSSR count). The Morgan fingerprint density at radius 1 is 1.11 bits per heavy atom. The molecule has 4 heterocycles. The molecule has 1 saturated carbocycles. The highest BCUT2D eigenvalue weighted by atomic mass is 35.5. The SMILES string of the molecule is N#Cc1cc(Nc2nc(N[C@@H]3C[C@@H]3F)n3ncc(C#N)c3n2)c(Cl)c(N2CCN(C3COC3)CC2)c1. The number of aromatic nitrogens is 4. The highest BCUT2D eigenvalue weighted by molar-refractivity contribution is 6.36.